The van der Waals surface area contributed by atoms with E-state index in [1.807, 2.05) is 6.07 Å². The van der Waals surface area contributed by atoms with Crippen molar-refractivity contribution in [1.82, 2.24) is 9.97 Å². The van der Waals surface area contributed by atoms with Crippen molar-refractivity contribution in [2.24, 2.45) is 0 Å². The van der Waals surface area contributed by atoms with Gasteiger partial charge in [-0.05, 0) is 36.1 Å². The number of nitrogens with one attached hydrogen (secondary N) is 1. The van der Waals surface area contributed by atoms with Gasteiger partial charge in [0.25, 0.3) is 0 Å². The van der Waals surface area contributed by atoms with Gasteiger partial charge in [0, 0.05) is 24.1 Å². The number of fused-ring (bicyclic) bond motifs is 1. The molecule has 1 aliphatic carbocycles. The molecule has 1 aliphatic heterocycles. The minimum Gasteiger partial charge on any atom is -0.444 e. The lowest BCUT2D eigenvalue weighted by atomic mass is 9.92. The maximum Gasteiger partial charge on any atom is 0.418 e. The second kappa shape index (κ2) is 9.67. The molecule has 1 fully saturated rings. The molecule has 2 aromatic carbocycles. The fourth-order valence-corrected chi connectivity index (χ4v) is 5.14. The lowest BCUT2D eigenvalue weighted by Crippen LogP contribution is -2.32. The quantitative estimate of drug-likeness (QED) is 0.468. The zero-order valence-electron chi connectivity index (χ0n) is 19.5. The Hall–Kier alpha value is -3.82. The first-order valence-corrected chi connectivity index (χ1v) is 11.9. The zero-order chi connectivity index (χ0) is 25.3. The zero-order valence-corrected chi connectivity index (χ0v) is 19.5. The maximum atomic E-state index is 14.1. The molecule has 0 spiro atoms. The fraction of sp³-hybridized carbons (Fsp3) is 0.346. The van der Waals surface area contributed by atoms with Gasteiger partial charge < -0.3 is 15.4 Å². The highest BCUT2D eigenvalue weighted by Gasteiger charge is 2.40. The summed E-state index contributed by atoms with van der Waals surface area (Å²) in [4.78, 5) is 23.0. The molecule has 0 radical (unpaired) electrons. The topological polar surface area (TPSA) is 93.4 Å². The van der Waals surface area contributed by atoms with Gasteiger partial charge in [0.15, 0.2) is 0 Å². The van der Waals surface area contributed by atoms with E-state index in [0.29, 0.717) is 23.5 Å². The highest BCUT2D eigenvalue weighted by molar-refractivity contribution is 5.86. The number of halogens is 3. The van der Waals surface area contributed by atoms with Crippen molar-refractivity contribution in [2.45, 2.75) is 50.4 Å². The average Bonchev–Trinajstić information content (AvgIpc) is 3.52. The number of ether oxygens (including phenoxy) is 1. The summed E-state index contributed by atoms with van der Waals surface area (Å²) < 4.78 is 47.3. The van der Waals surface area contributed by atoms with Crippen LogP contribution in [0.1, 0.15) is 53.9 Å². The van der Waals surface area contributed by atoms with Gasteiger partial charge in [0.05, 0.1) is 11.3 Å². The minimum atomic E-state index is -4.69. The Labute approximate surface area is 206 Å². The van der Waals surface area contributed by atoms with Crippen LogP contribution in [0.3, 0.4) is 0 Å². The van der Waals surface area contributed by atoms with E-state index in [0.717, 1.165) is 37.3 Å². The molecule has 2 aliphatic rings. The summed E-state index contributed by atoms with van der Waals surface area (Å²) in [5.41, 5.74) is 6.69. The van der Waals surface area contributed by atoms with Crippen LogP contribution in [0.25, 0.3) is 0 Å². The molecule has 3 aromatic rings. The van der Waals surface area contributed by atoms with E-state index >= 15 is 0 Å². The van der Waals surface area contributed by atoms with E-state index in [-0.39, 0.29) is 24.2 Å². The predicted molar refractivity (Wildman–Crippen MR) is 130 cm³/mol. The van der Waals surface area contributed by atoms with Gasteiger partial charge in [0.1, 0.15) is 24.6 Å². The molecule has 0 saturated heterocycles. The molecule has 0 bridgehead atoms. The Morgan fingerprint density at radius 3 is 2.58 bits per heavy atom. The van der Waals surface area contributed by atoms with Gasteiger partial charge in [-0.25, -0.2) is 14.8 Å². The second-order valence-corrected chi connectivity index (χ2v) is 9.13. The van der Waals surface area contributed by atoms with E-state index in [9.17, 15) is 18.0 Å². The molecule has 3 N–H and O–H groups in total. The van der Waals surface area contributed by atoms with Crippen LogP contribution >= 0.6 is 0 Å². The normalized spacial score (nSPS) is 17.8. The minimum absolute atomic E-state index is 0.0543. The molecule has 1 amide bonds. The van der Waals surface area contributed by atoms with Crippen molar-refractivity contribution < 1.29 is 22.7 Å². The number of nitrogen functional groups attached to an aromatic ring is 1. The number of nitrogens with zero attached hydrogens (tertiary/aromatic N) is 3. The summed E-state index contributed by atoms with van der Waals surface area (Å²) >= 11 is 0. The summed E-state index contributed by atoms with van der Waals surface area (Å²) in [5, 5.41) is 2.25. The van der Waals surface area contributed by atoms with Gasteiger partial charge in [0.2, 0.25) is 0 Å². The standard InChI is InChI=1S/C26H26F3N5O2/c27-26(28,29)20-12-17(10-11-21(20)33-25(35)36-14-16-6-2-1-3-7-16)19-13-34(18-8-4-5-9-18)24-22(19)23(30)31-15-32-24/h1-3,6-7,10-12,15,18-19H,4-5,8-9,13-14H2,(H,33,35)(H2,30,31,32). The number of alkyl halides is 3. The number of carbonyl (C=O) groups is 1. The summed E-state index contributed by atoms with van der Waals surface area (Å²) in [7, 11) is 0. The first-order valence-electron chi connectivity index (χ1n) is 11.9. The van der Waals surface area contributed by atoms with Gasteiger partial charge in [-0.15, -0.1) is 0 Å². The predicted octanol–water partition coefficient (Wildman–Crippen LogP) is 5.72. The molecule has 1 saturated carbocycles. The number of anilines is 3. The van der Waals surface area contributed by atoms with Crippen molar-refractivity contribution in [2.75, 3.05) is 22.5 Å². The van der Waals surface area contributed by atoms with Crippen LogP contribution in [0.15, 0.2) is 54.9 Å². The molecule has 36 heavy (non-hydrogen) atoms. The smallest absolute Gasteiger partial charge is 0.418 e. The van der Waals surface area contributed by atoms with Gasteiger partial charge in [-0.1, -0.05) is 49.2 Å². The van der Waals surface area contributed by atoms with E-state index in [2.05, 4.69) is 20.2 Å². The summed E-state index contributed by atoms with van der Waals surface area (Å²) in [5.74, 6) is 0.548. The molecule has 1 unspecified atom stereocenters. The highest BCUT2D eigenvalue weighted by Crippen LogP contribution is 2.46. The van der Waals surface area contributed by atoms with Crippen molar-refractivity contribution >= 4 is 23.4 Å². The van der Waals surface area contributed by atoms with E-state index < -0.39 is 23.8 Å². The Morgan fingerprint density at radius 1 is 1.11 bits per heavy atom. The molecule has 188 valence electrons. The summed E-state index contributed by atoms with van der Waals surface area (Å²) in [6.07, 6.45) is -0.0120. The van der Waals surface area contributed by atoms with E-state index in [4.69, 9.17) is 10.5 Å². The number of nitrogens with two attached hydrogens (primary N) is 1. The number of amides is 1. The van der Waals surface area contributed by atoms with Crippen molar-refractivity contribution in [1.29, 1.82) is 0 Å². The van der Waals surface area contributed by atoms with Crippen LogP contribution in [0, 0.1) is 0 Å². The average molecular weight is 498 g/mol. The first kappa shape index (κ1) is 23.9. The lowest BCUT2D eigenvalue weighted by molar-refractivity contribution is -0.137. The number of rotatable bonds is 5. The Balaban J connectivity index is 1.41. The molecular formula is C26H26F3N5O2. The second-order valence-electron chi connectivity index (χ2n) is 9.13. The largest absolute Gasteiger partial charge is 0.444 e. The summed E-state index contributed by atoms with van der Waals surface area (Å²) in [6, 6.07) is 13.1. The molecule has 1 atom stereocenters. The number of hydrogen-bond acceptors (Lipinski definition) is 6. The fourth-order valence-electron chi connectivity index (χ4n) is 5.14. The SMILES string of the molecule is Nc1ncnc2c1C(c1ccc(NC(=O)OCc3ccccc3)c(C(F)(F)F)c1)CN2C1CCCC1. The molecule has 2 heterocycles. The van der Waals surface area contributed by atoms with E-state index in [1.165, 1.54) is 12.4 Å². The van der Waals surface area contributed by atoms with Gasteiger partial charge in [-0.3, -0.25) is 5.32 Å². The van der Waals surface area contributed by atoms with Gasteiger partial charge >= 0.3 is 12.3 Å². The Bertz CT molecular complexity index is 1250. The maximum absolute atomic E-state index is 14.1. The Morgan fingerprint density at radius 2 is 1.86 bits per heavy atom. The lowest BCUT2D eigenvalue weighted by Gasteiger charge is -2.26. The number of benzene rings is 2. The Kier molecular flexibility index (Phi) is 6.42. The molecular weight excluding hydrogens is 471 g/mol. The third-order valence-corrected chi connectivity index (χ3v) is 6.86. The van der Waals surface area contributed by atoms with Crippen LogP contribution in [-0.2, 0) is 17.5 Å². The first-order chi connectivity index (χ1) is 17.3. The summed E-state index contributed by atoms with van der Waals surface area (Å²) in [6.45, 7) is 0.424. The molecule has 10 heteroatoms. The third kappa shape index (κ3) is 4.80. The van der Waals surface area contributed by atoms with Crippen molar-refractivity contribution in [3.63, 3.8) is 0 Å². The van der Waals surface area contributed by atoms with Gasteiger partial charge in [-0.2, -0.15) is 13.2 Å². The van der Waals surface area contributed by atoms with Crippen LogP contribution in [-0.4, -0.2) is 28.6 Å². The highest BCUT2D eigenvalue weighted by atomic mass is 19.4. The van der Waals surface area contributed by atoms with Crippen LogP contribution in [0.2, 0.25) is 0 Å². The number of hydrogen-bond donors (Lipinski definition) is 2. The third-order valence-electron chi connectivity index (χ3n) is 6.86. The molecule has 7 nitrogen and oxygen atoms in total. The molecule has 1 aromatic heterocycles. The van der Waals surface area contributed by atoms with Crippen LogP contribution < -0.4 is 16.0 Å². The number of aromatic nitrogens is 2. The van der Waals surface area contributed by atoms with Crippen LogP contribution in [0.5, 0.6) is 0 Å². The number of carbonyl (C=O) groups excluding carboxylic acids is 1. The van der Waals surface area contributed by atoms with Crippen LogP contribution in [0.4, 0.5) is 35.3 Å². The monoisotopic (exact) mass is 497 g/mol. The van der Waals surface area contributed by atoms with Crippen molar-refractivity contribution in [3.05, 3.63) is 77.1 Å². The van der Waals surface area contributed by atoms with Crippen molar-refractivity contribution in [3.8, 4) is 0 Å². The van der Waals surface area contributed by atoms with E-state index in [1.54, 1.807) is 30.3 Å². The molecule has 5 rings (SSSR count).